The molecule has 1 saturated heterocycles. The predicted molar refractivity (Wildman–Crippen MR) is 136 cm³/mol. The number of carbonyl (C=O) groups is 2. The molecule has 1 aliphatic rings. The van der Waals surface area contributed by atoms with Gasteiger partial charge in [0.2, 0.25) is 0 Å². The van der Waals surface area contributed by atoms with Crippen LogP contribution in [0.3, 0.4) is 0 Å². The van der Waals surface area contributed by atoms with Crippen LogP contribution >= 0.6 is 11.3 Å². The van der Waals surface area contributed by atoms with Crippen LogP contribution in [0.25, 0.3) is 27.5 Å². The molecule has 39 heavy (non-hydrogen) atoms. The van der Waals surface area contributed by atoms with E-state index in [9.17, 15) is 22.8 Å². The van der Waals surface area contributed by atoms with Gasteiger partial charge >= 0.3 is 5.97 Å². The van der Waals surface area contributed by atoms with E-state index in [4.69, 9.17) is 9.72 Å². The van der Waals surface area contributed by atoms with E-state index in [1.54, 1.807) is 21.5 Å². The number of hydrogen-bond acceptors (Lipinski definition) is 8. The van der Waals surface area contributed by atoms with Gasteiger partial charge in [0.1, 0.15) is 11.5 Å². The van der Waals surface area contributed by atoms with Crippen molar-refractivity contribution in [2.24, 2.45) is 0 Å². The van der Waals surface area contributed by atoms with Gasteiger partial charge in [0, 0.05) is 43.5 Å². The van der Waals surface area contributed by atoms with Crippen molar-refractivity contribution < 1.29 is 27.5 Å². The first-order chi connectivity index (χ1) is 18.6. The quantitative estimate of drug-likeness (QED) is 0.249. The molecule has 4 heterocycles. The van der Waals surface area contributed by atoms with Crippen LogP contribution in [0.15, 0.2) is 24.3 Å². The maximum atomic E-state index is 14.9. The molecule has 0 spiro atoms. The number of esters is 1. The molecule has 0 atom stereocenters. The maximum Gasteiger partial charge on any atom is 0.303 e. The van der Waals surface area contributed by atoms with E-state index in [0.717, 1.165) is 6.07 Å². The zero-order valence-corrected chi connectivity index (χ0v) is 22.3. The topological polar surface area (TPSA) is 103 Å². The van der Waals surface area contributed by atoms with Crippen molar-refractivity contribution >= 4 is 28.9 Å². The Hall–Kier alpha value is -3.87. The first-order valence-electron chi connectivity index (χ1n) is 12.4. The monoisotopic (exact) mass is 558 g/mol. The summed E-state index contributed by atoms with van der Waals surface area (Å²) < 4.78 is 49.3. The number of fused-ring (bicyclic) bond motifs is 1. The fourth-order valence-corrected chi connectivity index (χ4v) is 5.70. The van der Waals surface area contributed by atoms with Gasteiger partial charge in [-0.25, -0.2) is 18.2 Å². The first-order valence-corrected chi connectivity index (χ1v) is 13.2. The summed E-state index contributed by atoms with van der Waals surface area (Å²) in [5.41, 5.74) is 0.987. The summed E-state index contributed by atoms with van der Waals surface area (Å²) in [6.45, 7) is 5.71. The Morgan fingerprint density at radius 3 is 2.49 bits per heavy atom. The van der Waals surface area contributed by atoms with Crippen molar-refractivity contribution in [3.63, 3.8) is 0 Å². The third-order valence-corrected chi connectivity index (χ3v) is 7.78. The van der Waals surface area contributed by atoms with E-state index < -0.39 is 23.4 Å². The number of ether oxygens (including phenoxy) is 1. The summed E-state index contributed by atoms with van der Waals surface area (Å²) in [5, 5.41) is 13.7. The second-order valence-corrected chi connectivity index (χ2v) is 10.6. The molecule has 3 aromatic heterocycles. The van der Waals surface area contributed by atoms with E-state index in [-0.39, 0.29) is 35.6 Å². The molecule has 0 N–H and O–H groups in total. The van der Waals surface area contributed by atoms with Gasteiger partial charge in [-0.2, -0.15) is 9.61 Å². The molecular weight excluding hydrogens is 533 g/mol. The fraction of sp³-hybridized carbons (Fsp3) is 0.385. The van der Waals surface area contributed by atoms with Gasteiger partial charge in [-0.1, -0.05) is 13.8 Å². The number of likely N-dealkylation sites (tertiary alicyclic amines) is 1. The molecule has 0 unspecified atom stereocenters. The molecule has 5 rings (SSSR count). The van der Waals surface area contributed by atoms with Crippen molar-refractivity contribution in [3.05, 3.63) is 52.5 Å². The van der Waals surface area contributed by atoms with E-state index in [2.05, 4.69) is 15.3 Å². The van der Waals surface area contributed by atoms with Crippen molar-refractivity contribution in [1.82, 2.24) is 29.7 Å². The number of piperidine rings is 1. The molecule has 9 nitrogen and oxygen atoms in total. The van der Waals surface area contributed by atoms with Gasteiger partial charge in [-0.15, -0.1) is 21.5 Å². The van der Waals surface area contributed by atoms with E-state index in [1.165, 1.54) is 18.3 Å². The normalized spacial score (nSPS) is 14.4. The van der Waals surface area contributed by atoms with Gasteiger partial charge in [0.15, 0.2) is 29.7 Å². The Morgan fingerprint density at radius 2 is 1.79 bits per heavy atom. The third kappa shape index (κ3) is 5.35. The Morgan fingerprint density at radius 1 is 1.08 bits per heavy atom. The van der Waals surface area contributed by atoms with Crippen LogP contribution in [0, 0.1) is 17.5 Å². The first kappa shape index (κ1) is 26.7. The molecule has 0 bridgehead atoms. The lowest BCUT2D eigenvalue weighted by Crippen LogP contribution is -2.40. The molecule has 1 fully saturated rings. The fourth-order valence-electron chi connectivity index (χ4n) is 4.49. The SMILES string of the molecule is CC(=O)OCC(=O)N1CCC(c2nc(-c3cc(F)c(F)cc3F)c(-c3ccc4nnc(C(C)C)n4n3)s2)CC1. The summed E-state index contributed by atoms with van der Waals surface area (Å²) in [6, 6.07) is 4.76. The number of halogens is 3. The summed E-state index contributed by atoms with van der Waals surface area (Å²) in [4.78, 5) is 30.2. The zero-order chi connectivity index (χ0) is 27.8. The predicted octanol–water partition coefficient (Wildman–Crippen LogP) is 4.72. The minimum atomic E-state index is -1.29. The van der Waals surface area contributed by atoms with Crippen molar-refractivity contribution in [2.75, 3.05) is 19.7 Å². The number of hydrogen-bond donors (Lipinski definition) is 0. The number of thiazole rings is 1. The van der Waals surface area contributed by atoms with Crippen LogP contribution in [-0.2, 0) is 14.3 Å². The van der Waals surface area contributed by atoms with Crippen molar-refractivity contribution in [2.45, 2.75) is 45.4 Å². The van der Waals surface area contributed by atoms with Crippen LogP contribution in [0.2, 0.25) is 0 Å². The molecule has 1 amide bonds. The van der Waals surface area contributed by atoms with Gasteiger partial charge < -0.3 is 9.64 Å². The van der Waals surface area contributed by atoms with E-state index in [0.29, 0.717) is 59.0 Å². The molecule has 0 aliphatic carbocycles. The minimum Gasteiger partial charge on any atom is -0.456 e. The highest BCUT2D eigenvalue weighted by atomic mass is 32.1. The minimum absolute atomic E-state index is 0.0385. The van der Waals surface area contributed by atoms with Gasteiger partial charge in [-0.3, -0.25) is 9.59 Å². The van der Waals surface area contributed by atoms with Gasteiger partial charge in [-0.05, 0) is 31.0 Å². The number of nitrogens with zero attached hydrogens (tertiary/aromatic N) is 6. The smallest absolute Gasteiger partial charge is 0.303 e. The molecule has 0 radical (unpaired) electrons. The average Bonchev–Trinajstić information content (AvgIpc) is 3.54. The average molecular weight is 559 g/mol. The highest BCUT2D eigenvalue weighted by molar-refractivity contribution is 7.15. The van der Waals surface area contributed by atoms with E-state index >= 15 is 0 Å². The Labute approximate surface area is 225 Å². The van der Waals surface area contributed by atoms with Crippen LogP contribution in [0.1, 0.15) is 56.3 Å². The summed E-state index contributed by atoms with van der Waals surface area (Å²) in [6.07, 6.45) is 1.15. The zero-order valence-electron chi connectivity index (χ0n) is 21.4. The Kier molecular flexibility index (Phi) is 7.34. The molecule has 4 aromatic rings. The molecule has 0 saturated carbocycles. The van der Waals surface area contributed by atoms with Crippen LogP contribution < -0.4 is 0 Å². The number of rotatable bonds is 6. The molecular formula is C26H25F3N6O3S. The second kappa shape index (κ2) is 10.7. The third-order valence-electron chi connectivity index (χ3n) is 6.54. The molecule has 13 heteroatoms. The summed E-state index contributed by atoms with van der Waals surface area (Å²) >= 11 is 1.30. The lowest BCUT2D eigenvalue weighted by molar-refractivity contribution is -0.150. The van der Waals surface area contributed by atoms with Crippen molar-refractivity contribution in [3.8, 4) is 21.8 Å². The summed E-state index contributed by atoms with van der Waals surface area (Å²) in [5.74, 6) is -3.59. The molecule has 1 aromatic carbocycles. The Bertz CT molecular complexity index is 1560. The van der Waals surface area contributed by atoms with E-state index in [1.807, 2.05) is 13.8 Å². The number of carbonyl (C=O) groups excluding carboxylic acids is 2. The molecule has 204 valence electrons. The highest BCUT2D eigenvalue weighted by Crippen LogP contribution is 2.42. The standard InChI is InChI=1S/C26H25F3N6O3S/c1-13(2)25-32-31-21-5-4-20(33-35(21)25)24-23(16-10-18(28)19(29)11-17(16)27)30-26(39-24)15-6-8-34(9-7-15)22(37)12-38-14(3)36/h4-5,10-11,13,15H,6-9,12H2,1-3H3. The number of amides is 1. The highest BCUT2D eigenvalue weighted by Gasteiger charge is 2.29. The summed E-state index contributed by atoms with van der Waals surface area (Å²) in [7, 11) is 0. The van der Waals surface area contributed by atoms with Gasteiger partial charge in [0.05, 0.1) is 15.6 Å². The lowest BCUT2D eigenvalue weighted by Gasteiger charge is -2.30. The van der Waals surface area contributed by atoms with Crippen LogP contribution in [0.4, 0.5) is 13.2 Å². The largest absolute Gasteiger partial charge is 0.456 e. The lowest BCUT2D eigenvalue weighted by atomic mass is 9.97. The Balaban J connectivity index is 1.52. The van der Waals surface area contributed by atoms with Crippen LogP contribution in [0.5, 0.6) is 0 Å². The maximum absolute atomic E-state index is 14.9. The van der Waals surface area contributed by atoms with Gasteiger partial charge in [0.25, 0.3) is 5.91 Å². The number of aromatic nitrogens is 5. The second-order valence-electron chi connectivity index (χ2n) is 9.61. The molecule has 1 aliphatic heterocycles. The van der Waals surface area contributed by atoms with Crippen molar-refractivity contribution in [1.29, 1.82) is 0 Å². The van der Waals surface area contributed by atoms with Crippen LogP contribution in [-0.4, -0.2) is 61.3 Å². The number of benzene rings is 1.